The molecule has 10 nitrogen and oxygen atoms in total. The molecule has 0 aliphatic heterocycles. The van der Waals surface area contributed by atoms with E-state index in [1.165, 1.54) is 0 Å². The second-order valence-electron chi connectivity index (χ2n) is 7.40. The minimum absolute atomic E-state index is 0.0610. The summed E-state index contributed by atoms with van der Waals surface area (Å²) in [5, 5.41) is 20.1. The Morgan fingerprint density at radius 3 is 1.50 bits per heavy atom. The average Bonchev–Trinajstić information content (AvgIpc) is 2.84. The molecule has 2 aromatic heterocycles. The number of nitrogens with zero attached hydrogens (tertiary/aromatic N) is 2. The van der Waals surface area contributed by atoms with Crippen LogP contribution in [0.3, 0.4) is 0 Å². The second kappa shape index (κ2) is 12.6. The quantitative estimate of drug-likeness (QED) is 0.135. The van der Waals surface area contributed by atoms with Crippen LogP contribution in [0.4, 0.5) is 0 Å². The van der Waals surface area contributed by atoms with Gasteiger partial charge in [-0.05, 0) is 54.3 Å². The van der Waals surface area contributed by atoms with Crippen molar-refractivity contribution in [2.75, 3.05) is 26.3 Å². The molecular formula is C24H30N8O2. The van der Waals surface area contributed by atoms with Gasteiger partial charge in [-0.25, -0.2) is 0 Å². The fraction of sp³-hybridized carbons (Fsp3) is 0.250. The van der Waals surface area contributed by atoms with Gasteiger partial charge in [-0.3, -0.25) is 20.8 Å². The molecule has 3 aromatic rings. The standard InChI is InChI=1S/C24H30N8O2/c25-23(26)31-7-1-13-33-21-16-22(34-14-2-8-32-24(27)28)20(18-5-11-30-12-6-18)15-19(21)17-3-9-29-10-4-17/h3-6,9-12,15-16H,1-2,7-8,13-14H2,(H4,25,26,31)(H4,27,28,32). The van der Waals surface area contributed by atoms with E-state index in [1.54, 1.807) is 24.8 Å². The molecule has 178 valence electrons. The van der Waals surface area contributed by atoms with Crippen LogP contribution in [0.2, 0.25) is 0 Å². The molecule has 34 heavy (non-hydrogen) atoms. The normalized spacial score (nSPS) is 10.4. The van der Waals surface area contributed by atoms with E-state index < -0.39 is 0 Å². The molecule has 0 radical (unpaired) electrons. The van der Waals surface area contributed by atoms with Gasteiger partial charge < -0.3 is 31.6 Å². The number of benzene rings is 1. The first-order valence-electron chi connectivity index (χ1n) is 10.9. The molecular weight excluding hydrogens is 432 g/mol. The van der Waals surface area contributed by atoms with Crippen LogP contribution in [0.15, 0.2) is 61.2 Å². The van der Waals surface area contributed by atoms with Gasteiger partial charge in [-0.15, -0.1) is 0 Å². The Kier molecular flexibility index (Phi) is 9.03. The van der Waals surface area contributed by atoms with E-state index in [4.69, 9.17) is 31.8 Å². The fourth-order valence-electron chi connectivity index (χ4n) is 3.27. The minimum Gasteiger partial charge on any atom is -0.493 e. The van der Waals surface area contributed by atoms with E-state index in [0.717, 1.165) is 22.3 Å². The number of rotatable bonds is 12. The molecule has 8 N–H and O–H groups in total. The Bertz CT molecular complexity index is 994. The van der Waals surface area contributed by atoms with Gasteiger partial charge in [0.25, 0.3) is 0 Å². The third-order valence-electron chi connectivity index (χ3n) is 4.85. The van der Waals surface area contributed by atoms with Crippen molar-refractivity contribution in [1.29, 1.82) is 10.8 Å². The van der Waals surface area contributed by atoms with Crippen LogP contribution < -0.4 is 31.6 Å². The minimum atomic E-state index is -0.0610. The Balaban J connectivity index is 1.90. The number of ether oxygens (including phenoxy) is 2. The predicted molar refractivity (Wildman–Crippen MR) is 133 cm³/mol. The molecule has 0 aliphatic carbocycles. The van der Waals surface area contributed by atoms with E-state index in [0.29, 0.717) is 50.6 Å². The number of guanidine groups is 2. The maximum absolute atomic E-state index is 7.27. The number of nitrogens with one attached hydrogen (secondary N) is 4. The lowest BCUT2D eigenvalue weighted by molar-refractivity contribution is 0.297. The van der Waals surface area contributed by atoms with Crippen LogP contribution in [0.5, 0.6) is 11.5 Å². The highest BCUT2D eigenvalue weighted by Crippen LogP contribution is 2.41. The summed E-state index contributed by atoms with van der Waals surface area (Å²) < 4.78 is 12.3. The lowest BCUT2D eigenvalue weighted by Gasteiger charge is -2.18. The Labute approximate surface area is 198 Å². The van der Waals surface area contributed by atoms with Crippen LogP contribution in [-0.2, 0) is 0 Å². The number of nitrogens with two attached hydrogens (primary N) is 2. The van der Waals surface area contributed by atoms with Gasteiger partial charge in [-0.1, -0.05) is 0 Å². The third kappa shape index (κ3) is 7.37. The van der Waals surface area contributed by atoms with Crippen LogP contribution in [0.25, 0.3) is 22.3 Å². The summed E-state index contributed by atoms with van der Waals surface area (Å²) in [6.07, 6.45) is 8.33. The molecule has 0 saturated heterocycles. The van der Waals surface area contributed by atoms with Crippen molar-refractivity contribution in [3.05, 3.63) is 61.2 Å². The highest BCUT2D eigenvalue weighted by molar-refractivity contribution is 5.81. The SMILES string of the molecule is N=C(N)NCCCOc1cc(OCCCNC(=N)N)c(-c2ccncc2)cc1-c1ccncc1. The summed E-state index contributed by atoms with van der Waals surface area (Å²) in [5.74, 6) is 1.25. The van der Waals surface area contributed by atoms with Crippen molar-refractivity contribution in [2.24, 2.45) is 11.5 Å². The van der Waals surface area contributed by atoms with Gasteiger partial charge in [0.2, 0.25) is 0 Å². The fourth-order valence-corrected chi connectivity index (χ4v) is 3.27. The molecule has 0 fully saturated rings. The van der Waals surface area contributed by atoms with Crippen LogP contribution in [0, 0.1) is 10.8 Å². The molecule has 0 saturated carbocycles. The van der Waals surface area contributed by atoms with Crippen molar-refractivity contribution in [3.8, 4) is 33.8 Å². The van der Waals surface area contributed by atoms with E-state index in [1.807, 2.05) is 30.3 Å². The molecule has 0 bridgehead atoms. The molecule has 3 rings (SSSR count). The number of hydrogen-bond donors (Lipinski definition) is 6. The summed E-state index contributed by atoms with van der Waals surface area (Å²) in [4.78, 5) is 8.26. The Morgan fingerprint density at radius 2 is 1.12 bits per heavy atom. The molecule has 10 heteroatoms. The molecule has 1 aromatic carbocycles. The molecule has 0 atom stereocenters. The van der Waals surface area contributed by atoms with Crippen LogP contribution in [0.1, 0.15) is 12.8 Å². The van der Waals surface area contributed by atoms with E-state index in [-0.39, 0.29) is 11.9 Å². The third-order valence-corrected chi connectivity index (χ3v) is 4.85. The van der Waals surface area contributed by atoms with Crippen molar-refractivity contribution in [3.63, 3.8) is 0 Å². The molecule has 2 heterocycles. The van der Waals surface area contributed by atoms with Crippen LogP contribution in [-0.4, -0.2) is 48.2 Å². The van der Waals surface area contributed by atoms with Crippen molar-refractivity contribution < 1.29 is 9.47 Å². The van der Waals surface area contributed by atoms with Crippen molar-refractivity contribution >= 4 is 11.9 Å². The van der Waals surface area contributed by atoms with Gasteiger partial charge >= 0.3 is 0 Å². The van der Waals surface area contributed by atoms with Gasteiger partial charge in [0.05, 0.1) is 13.2 Å². The Morgan fingerprint density at radius 1 is 0.706 bits per heavy atom. The first-order valence-corrected chi connectivity index (χ1v) is 10.9. The zero-order valence-corrected chi connectivity index (χ0v) is 18.9. The van der Waals surface area contributed by atoms with E-state index in [2.05, 4.69) is 26.7 Å². The van der Waals surface area contributed by atoms with Gasteiger partial charge in [0.15, 0.2) is 11.9 Å². The maximum Gasteiger partial charge on any atom is 0.185 e. The summed E-state index contributed by atoms with van der Waals surface area (Å²) in [5.41, 5.74) is 14.5. The zero-order chi connectivity index (χ0) is 24.2. The topological polar surface area (TPSA) is 168 Å². The number of aromatic nitrogens is 2. The first kappa shape index (κ1) is 24.3. The zero-order valence-electron chi connectivity index (χ0n) is 18.9. The Hall–Kier alpha value is -4.34. The predicted octanol–water partition coefficient (Wildman–Crippen LogP) is 2.31. The summed E-state index contributed by atoms with van der Waals surface area (Å²) >= 11 is 0. The summed E-state index contributed by atoms with van der Waals surface area (Å²) in [7, 11) is 0. The van der Waals surface area contributed by atoms with Crippen molar-refractivity contribution in [2.45, 2.75) is 12.8 Å². The largest absolute Gasteiger partial charge is 0.493 e. The molecule has 0 aliphatic rings. The number of hydrogen-bond acceptors (Lipinski definition) is 6. The molecule has 0 amide bonds. The highest BCUT2D eigenvalue weighted by Gasteiger charge is 2.16. The van der Waals surface area contributed by atoms with Crippen LogP contribution >= 0.6 is 0 Å². The molecule has 0 unspecified atom stereocenters. The van der Waals surface area contributed by atoms with E-state index in [9.17, 15) is 0 Å². The lowest BCUT2D eigenvalue weighted by atomic mass is 9.98. The van der Waals surface area contributed by atoms with Gasteiger partial charge in [0.1, 0.15) is 11.5 Å². The van der Waals surface area contributed by atoms with Gasteiger partial charge in [-0.2, -0.15) is 0 Å². The monoisotopic (exact) mass is 462 g/mol. The number of pyridine rings is 2. The van der Waals surface area contributed by atoms with Gasteiger partial charge in [0, 0.05) is 55.1 Å². The molecule has 0 spiro atoms. The average molecular weight is 463 g/mol. The second-order valence-corrected chi connectivity index (χ2v) is 7.40. The highest BCUT2D eigenvalue weighted by atomic mass is 16.5. The first-order chi connectivity index (χ1) is 16.5. The maximum atomic E-state index is 7.27. The lowest BCUT2D eigenvalue weighted by Crippen LogP contribution is -2.31. The van der Waals surface area contributed by atoms with E-state index >= 15 is 0 Å². The smallest absolute Gasteiger partial charge is 0.185 e. The summed E-state index contributed by atoms with van der Waals surface area (Å²) in [6, 6.07) is 11.7. The summed E-state index contributed by atoms with van der Waals surface area (Å²) in [6.45, 7) is 1.97. The van der Waals surface area contributed by atoms with Crippen molar-refractivity contribution in [1.82, 2.24) is 20.6 Å².